The number of carbonyl (C=O) groups excluding carboxylic acids is 1. The van der Waals surface area contributed by atoms with E-state index in [9.17, 15) is 27.9 Å². The highest BCUT2D eigenvalue weighted by molar-refractivity contribution is 5.79. The van der Waals surface area contributed by atoms with Crippen LogP contribution in [0, 0.1) is 11.3 Å². The largest absolute Gasteiger partial charge is 0.480 e. The van der Waals surface area contributed by atoms with Crippen LogP contribution in [0.4, 0.5) is 13.2 Å². The Labute approximate surface area is 186 Å². The third-order valence-corrected chi connectivity index (χ3v) is 5.49. The molecule has 32 heavy (non-hydrogen) atoms. The van der Waals surface area contributed by atoms with E-state index >= 15 is 0 Å². The van der Waals surface area contributed by atoms with Gasteiger partial charge in [-0.15, -0.1) is 0 Å². The molecule has 0 fully saturated rings. The second-order valence-electron chi connectivity index (χ2n) is 8.41. The summed E-state index contributed by atoms with van der Waals surface area (Å²) < 4.78 is 47.8. The maximum absolute atomic E-state index is 14.3. The van der Waals surface area contributed by atoms with Crippen molar-refractivity contribution in [3.63, 3.8) is 0 Å². The van der Waals surface area contributed by atoms with Crippen molar-refractivity contribution in [2.75, 3.05) is 6.61 Å². The van der Waals surface area contributed by atoms with Gasteiger partial charge in [-0.25, -0.2) is 0 Å². The second kappa shape index (κ2) is 10.8. The molecule has 2 rings (SSSR count). The Morgan fingerprint density at radius 2 is 1.84 bits per heavy atom. The van der Waals surface area contributed by atoms with Crippen molar-refractivity contribution in [3.05, 3.63) is 54.1 Å². The number of alkyl halides is 3. The molecule has 1 aromatic rings. The fourth-order valence-corrected chi connectivity index (χ4v) is 3.77. The summed E-state index contributed by atoms with van der Waals surface area (Å²) in [7, 11) is 0. The highest BCUT2D eigenvalue weighted by Gasteiger charge is 2.55. The van der Waals surface area contributed by atoms with Crippen LogP contribution >= 0.6 is 0 Å². The molecule has 0 aliphatic heterocycles. The van der Waals surface area contributed by atoms with Gasteiger partial charge in [-0.2, -0.15) is 13.2 Å². The number of carbonyl (C=O) groups is 2. The van der Waals surface area contributed by atoms with Crippen LogP contribution in [0.2, 0.25) is 0 Å². The fourth-order valence-electron chi connectivity index (χ4n) is 3.77. The Kier molecular flexibility index (Phi) is 8.66. The number of carboxylic acids is 1. The molecular weight excluding hydrogens is 423 g/mol. The van der Waals surface area contributed by atoms with E-state index < -0.39 is 42.0 Å². The molecule has 1 aliphatic rings. The first kappa shape index (κ1) is 25.6. The number of halogens is 3. The van der Waals surface area contributed by atoms with E-state index in [1.807, 2.05) is 18.2 Å². The molecule has 5 nitrogen and oxygen atoms in total. The number of hydrogen-bond donors (Lipinski definition) is 2. The Morgan fingerprint density at radius 3 is 2.31 bits per heavy atom. The summed E-state index contributed by atoms with van der Waals surface area (Å²) in [5, 5.41) is 12.1. The number of nitrogens with one attached hydrogen (secondary N) is 1. The molecule has 176 valence electrons. The molecule has 2 N–H and O–H groups in total. The van der Waals surface area contributed by atoms with Crippen LogP contribution in [0.1, 0.15) is 45.6 Å². The Balaban J connectivity index is 2.34. The van der Waals surface area contributed by atoms with E-state index in [4.69, 9.17) is 4.74 Å². The number of benzene rings is 1. The lowest BCUT2D eigenvalue weighted by molar-refractivity contribution is -0.210. The van der Waals surface area contributed by atoms with Gasteiger partial charge in [0.2, 0.25) is 0 Å². The molecule has 3 atom stereocenters. The monoisotopic (exact) mass is 453 g/mol. The summed E-state index contributed by atoms with van der Waals surface area (Å²) in [5.41, 5.74) is -0.867. The van der Waals surface area contributed by atoms with Crippen LogP contribution in [0.5, 0.6) is 0 Å². The number of allylic oxidation sites excluding steroid dienone is 4. The predicted molar refractivity (Wildman–Crippen MR) is 116 cm³/mol. The van der Waals surface area contributed by atoms with Gasteiger partial charge in [0.1, 0.15) is 12.1 Å². The molecule has 1 aliphatic carbocycles. The second-order valence-corrected chi connectivity index (χ2v) is 8.41. The van der Waals surface area contributed by atoms with Crippen molar-refractivity contribution >= 4 is 17.5 Å². The molecule has 0 amide bonds. The number of rotatable bonds is 10. The van der Waals surface area contributed by atoms with Crippen LogP contribution in [0.3, 0.4) is 0 Å². The summed E-state index contributed by atoms with van der Waals surface area (Å²) in [4.78, 5) is 24.2. The summed E-state index contributed by atoms with van der Waals surface area (Å²) in [6.45, 7) is 5.13. The minimum Gasteiger partial charge on any atom is -0.480 e. The lowest BCUT2D eigenvalue weighted by atomic mass is 9.73. The molecule has 0 saturated heterocycles. The maximum atomic E-state index is 14.3. The van der Waals surface area contributed by atoms with Gasteiger partial charge in [0.15, 0.2) is 0 Å². The van der Waals surface area contributed by atoms with Gasteiger partial charge in [-0.3, -0.25) is 14.9 Å². The molecule has 1 unspecified atom stereocenters. The van der Waals surface area contributed by atoms with E-state index in [2.05, 4.69) is 5.32 Å². The van der Waals surface area contributed by atoms with Gasteiger partial charge in [0, 0.05) is 0 Å². The third-order valence-electron chi connectivity index (χ3n) is 5.49. The highest BCUT2D eigenvalue weighted by Crippen LogP contribution is 2.49. The molecule has 0 saturated carbocycles. The van der Waals surface area contributed by atoms with Crippen molar-refractivity contribution in [2.24, 2.45) is 11.3 Å². The first-order chi connectivity index (χ1) is 15.0. The van der Waals surface area contributed by atoms with Crippen LogP contribution in [-0.2, 0) is 14.3 Å². The topological polar surface area (TPSA) is 75.6 Å². The van der Waals surface area contributed by atoms with Gasteiger partial charge in [-0.1, -0.05) is 62.4 Å². The quantitative estimate of drug-likeness (QED) is 0.488. The third kappa shape index (κ3) is 6.45. The predicted octanol–water partition coefficient (Wildman–Crippen LogP) is 4.99. The van der Waals surface area contributed by atoms with E-state index in [-0.39, 0.29) is 25.4 Å². The van der Waals surface area contributed by atoms with Crippen molar-refractivity contribution in [2.45, 2.75) is 58.3 Å². The highest BCUT2D eigenvalue weighted by atomic mass is 19.4. The van der Waals surface area contributed by atoms with Crippen LogP contribution in [0.15, 0.2) is 48.6 Å². The number of esters is 1. The van der Waals surface area contributed by atoms with Crippen LogP contribution in [-0.4, -0.2) is 41.9 Å². The minimum absolute atomic E-state index is 0.0220. The smallest absolute Gasteiger partial charge is 0.398 e. The van der Waals surface area contributed by atoms with Gasteiger partial charge in [0.25, 0.3) is 0 Å². The van der Waals surface area contributed by atoms with Gasteiger partial charge in [-0.05, 0) is 43.2 Å². The van der Waals surface area contributed by atoms with Gasteiger partial charge < -0.3 is 9.84 Å². The molecule has 0 aromatic heterocycles. The number of carboxylic acid groups (broad SMARTS) is 1. The molecule has 0 radical (unpaired) electrons. The summed E-state index contributed by atoms with van der Waals surface area (Å²) in [5.74, 6) is -2.15. The number of aliphatic carboxylic acids is 1. The zero-order valence-corrected chi connectivity index (χ0v) is 18.5. The van der Waals surface area contributed by atoms with E-state index in [1.165, 1.54) is 12.2 Å². The van der Waals surface area contributed by atoms with Crippen LogP contribution in [0.25, 0.3) is 5.57 Å². The number of ether oxygens (including phenoxy) is 1. The average molecular weight is 454 g/mol. The Morgan fingerprint density at radius 1 is 1.19 bits per heavy atom. The van der Waals surface area contributed by atoms with Crippen molar-refractivity contribution in [3.8, 4) is 0 Å². The number of hydrogen-bond acceptors (Lipinski definition) is 4. The Bertz CT molecular complexity index is 849. The Hall–Kier alpha value is -2.61. The lowest BCUT2D eigenvalue weighted by Crippen LogP contribution is -2.52. The van der Waals surface area contributed by atoms with E-state index in [0.717, 1.165) is 11.6 Å². The molecular formula is C24H30F3NO4. The van der Waals surface area contributed by atoms with Crippen molar-refractivity contribution in [1.82, 2.24) is 5.32 Å². The van der Waals surface area contributed by atoms with Gasteiger partial charge >= 0.3 is 18.1 Å². The zero-order valence-electron chi connectivity index (χ0n) is 18.5. The summed E-state index contributed by atoms with van der Waals surface area (Å²) in [6, 6.07) is 6.45. The molecule has 8 heteroatoms. The lowest BCUT2D eigenvalue weighted by Gasteiger charge is -2.37. The van der Waals surface area contributed by atoms with Crippen molar-refractivity contribution < 1.29 is 32.6 Å². The first-order valence-electron chi connectivity index (χ1n) is 10.7. The minimum atomic E-state index is -4.65. The fraction of sp³-hybridized carbons (Fsp3) is 0.500. The molecule has 0 spiro atoms. The summed E-state index contributed by atoms with van der Waals surface area (Å²) in [6.07, 6.45) is -1.50. The zero-order chi connectivity index (χ0) is 23.9. The van der Waals surface area contributed by atoms with Crippen molar-refractivity contribution in [1.29, 1.82) is 0 Å². The normalized spacial score (nSPS) is 20.5. The SMILES string of the molecule is CCOC(=O)[C@H](CC1(C(F)(F)F)C=CC(c2ccccc2)=CC1)N[C@@H](CC(C)C)C(=O)O. The molecule has 0 heterocycles. The maximum Gasteiger partial charge on any atom is 0.398 e. The average Bonchev–Trinajstić information content (AvgIpc) is 2.72. The van der Waals surface area contributed by atoms with E-state index in [1.54, 1.807) is 32.9 Å². The standard InChI is InChI=1S/C24H30F3NO4/c1-4-32-22(31)20(28-19(21(29)30)14-16(2)3)15-23(24(25,26)27)12-10-18(11-13-23)17-8-6-5-7-9-17/h5-12,16,19-20,28H,4,13-15H2,1-3H3,(H,29,30)/t19-,20-,23?/m0/s1. The van der Waals surface area contributed by atoms with Crippen LogP contribution < -0.4 is 5.32 Å². The first-order valence-corrected chi connectivity index (χ1v) is 10.7. The van der Waals surface area contributed by atoms with E-state index in [0.29, 0.717) is 5.57 Å². The molecule has 1 aromatic carbocycles. The molecule has 0 bridgehead atoms. The van der Waals surface area contributed by atoms with Gasteiger partial charge in [0.05, 0.1) is 12.0 Å². The summed E-state index contributed by atoms with van der Waals surface area (Å²) >= 11 is 0.